The van der Waals surface area contributed by atoms with Gasteiger partial charge in [-0.3, -0.25) is 15.5 Å². The van der Waals surface area contributed by atoms with Crippen molar-refractivity contribution in [3.05, 3.63) is 94.6 Å². The van der Waals surface area contributed by atoms with Crippen LogP contribution in [0.2, 0.25) is 0 Å². The Morgan fingerprint density at radius 1 is 0.925 bits per heavy atom. The standard InChI is InChI=1S/C28H31F3N8O/c1-27(2,3)19-9-12-21(13-10-19)34-26-38(4)22-14-11-20(28(29,30)31)15-23(22)39(26)16-17-5-7-18(8-6-17)24(40)35-25(36-32)37-33/h5-15H,16,32-33H2,1-4H3,(H2,35,36,37,40). The summed E-state index contributed by atoms with van der Waals surface area (Å²) >= 11 is 0. The van der Waals surface area contributed by atoms with Crippen LogP contribution in [0.3, 0.4) is 0 Å². The molecule has 0 aliphatic heterocycles. The van der Waals surface area contributed by atoms with Crippen LogP contribution in [0.25, 0.3) is 11.0 Å². The Bertz CT molecular complexity index is 1620. The third kappa shape index (κ3) is 6.01. The maximum Gasteiger partial charge on any atom is 0.416 e. The van der Waals surface area contributed by atoms with Crippen molar-refractivity contribution in [2.45, 2.75) is 38.9 Å². The van der Waals surface area contributed by atoms with Crippen molar-refractivity contribution in [3.8, 4) is 0 Å². The van der Waals surface area contributed by atoms with E-state index >= 15 is 0 Å². The van der Waals surface area contributed by atoms with Crippen molar-refractivity contribution >= 4 is 28.6 Å². The van der Waals surface area contributed by atoms with Crippen LogP contribution < -0.4 is 28.0 Å². The first-order chi connectivity index (χ1) is 18.8. The molecule has 0 unspecified atom stereocenters. The molecule has 0 spiro atoms. The maximum atomic E-state index is 13.6. The highest BCUT2D eigenvalue weighted by atomic mass is 19.4. The number of halogens is 3. The van der Waals surface area contributed by atoms with Crippen LogP contribution in [0.4, 0.5) is 18.9 Å². The Morgan fingerprint density at radius 2 is 1.55 bits per heavy atom. The van der Waals surface area contributed by atoms with Crippen molar-refractivity contribution in [1.29, 1.82) is 0 Å². The molecule has 12 heteroatoms. The van der Waals surface area contributed by atoms with Gasteiger partial charge in [-0.15, -0.1) is 5.10 Å². The zero-order valence-electron chi connectivity index (χ0n) is 22.5. The number of carbonyl (C=O) groups is 1. The van der Waals surface area contributed by atoms with Gasteiger partial charge in [-0.25, -0.2) is 10.8 Å². The van der Waals surface area contributed by atoms with Crippen molar-refractivity contribution in [1.82, 2.24) is 19.9 Å². The van der Waals surface area contributed by atoms with Gasteiger partial charge in [0.2, 0.25) is 11.6 Å². The number of nitrogens with one attached hydrogen (secondary N) is 2. The molecular weight excluding hydrogens is 521 g/mol. The van der Waals surface area contributed by atoms with Crippen LogP contribution in [0, 0.1) is 0 Å². The zero-order chi connectivity index (χ0) is 29.2. The summed E-state index contributed by atoms with van der Waals surface area (Å²) < 4.78 is 44.4. The van der Waals surface area contributed by atoms with E-state index in [2.05, 4.69) is 36.6 Å². The fraction of sp³-hybridized carbons (Fsp3) is 0.250. The summed E-state index contributed by atoms with van der Waals surface area (Å²) in [6, 6.07) is 18.0. The number of hydrogen-bond donors (Lipinski definition) is 4. The third-order valence-corrected chi connectivity index (χ3v) is 6.51. The fourth-order valence-corrected chi connectivity index (χ4v) is 4.27. The van der Waals surface area contributed by atoms with E-state index in [0.717, 1.165) is 23.3 Å². The number of fused-ring (bicyclic) bond motifs is 1. The molecule has 1 amide bonds. The second-order valence-corrected chi connectivity index (χ2v) is 10.3. The van der Waals surface area contributed by atoms with Gasteiger partial charge in [0, 0.05) is 12.6 Å². The number of guanidine groups is 1. The van der Waals surface area contributed by atoms with Gasteiger partial charge >= 0.3 is 6.18 Å². The van der Waals surface area contributed by atoms with E-state index in [1.165, 1.54) is 6.07 Å². The molecular formula is C28H31F3N8O. The predicted molar refractivity (Wildman–Crippen MR) is 148 cm³/mol. The summed E-state index contributed by atoms with van der Waals surface area (Å²) in [6.45, 7) is 6.55. The number of hydrazone groups is 1. The number of alkyl halides is 3. The molecule has 1 heterocycles. The SMILES string of the molecule is Cn1c(=Nc2ccc(C(C)(C)C)cc2)n(Cc2ccc(C(=O)N/C(=N/N)NN)cc2)c2cc(C(F)(F)F)ccc21. The largest absolute Gasteiger partial charge is 0.416 e. The summed E-state index contributed by atoms with van der Waals surface area (Å²) in [6.07, 6.45) is -4.50. The fourth-order valence-electron chi connectivity index (χ4n) is 4.27. The molecule has 4 rings (SSSR count). The molecule has 0 atom stereocenters. The number of nitrogens with two attached hydrogens (primary N) is 2. The van der Waals surface area contributed by atoms with E-state index in [0.29, 0.717) is 27.9 Å². The van der Waals surface area contributed by atoms with Gasteiger partial charge < -0.3 is 15.0 Å². The molecule has 0 bridgehead atoms. The predicted octanol–water partition coefficient (Wildman–Crippen LogP) is 4.00. The van der Waals surface area contributed by atoms with E-state index in [-0.39, 0.29) is 17.9 Å². The average Bonchev–Trinajstić information content (AvgIpc) is 3.16. The number of imidazole rings is 1. The minimum Gasteiger partial charge on any atom is -0.320 e. The second-order valence-electron chi connectivity index (χ2n) is 10.3. The van der Waals surface area contributed by atoms with Crippen LogP contribution in [0.5, 0.6) is 0 Å². The van der Waals surface area contributed by atoms with Gasteiger partial charge in [-0.1, -0.05) is 45.0 Å². The van der Waals surface area contributed by atoms with Gasteiger partial charge in [0.05, 0.1) is 28.8 Å². The summed E-state index contributed by atoms with van der Waals surface area (Å²) in [5.74, 6) is 9.79. The molecule has 0 saturated heterocycles. The number of benzene rings is 3. The molecule has 0 aliphatic rings. The summed E-state index contributed by atoms with van der Waals surface area (Å²) in [7, 11) is 1.77. The summed E-state index contributed by atoms with van der Waals surface area (Å²) in [5, 5.41) is 5.73. The second kappa shape index (κ2) is 10.9. The van der Waals surface area contributed by atoms with Gasteiger partial charge in [-0.05, 0) is 59.0 Å². The zero-order valence-corrected chi connectivity index (χ0v) is 22.5. The van der Waals surface area contributed by atoms with Crippen LogP contribution in [-0.4, -0.2) is 21.0 Å². The minimum atomic E-state index is -4.50. The van der Waals surface area contributed by atoms with Crippen LogP contribution >= 0.6 is 0 Å². The van der Waals surface area contributed by atoms with E-state index in [1.807, 2.05) is 24.3 Å². The number of carbonyl (C=O) groups excluding carboxylic acids is 1. The molecule has 6 N–H and O–H groups in total. The Kier molecular flexibility index (Phi) is 7.74. The molecule has 0 fully saturated rings. The first-order valence-electron chi connectivity index (χ1n) is 12.4. The number of hydrazine groups is 1. The number of aryl methyl sites for hydroxylation is 1. The molecule has 0 radical (unpaired) electrons. The van der Waals surface area contributed by atoms with Gasteiger partial charge in [0.15, 0.2) is 0 Å². The number of rotatable bonds is 4. The quantitative estimate of drug-likeness (QED) is 0.132. The highest BCUT2D eigenvalue weighted by Crippen LogP contribution is 2.31. The van der Waals surface area contributed by atoms with Gasteiger partial charge in [0.1, 0.15) is 0 Å². The molecule has 4 aromatic rings. The van der Waals surface area contributed by atoms with E-state index in [1.54, 1.807) is 40.4 Å². The lowest BCUT2D eigenvalue weighted by Gasteiger charge is -2.18. The number of aromatic nitrogens is 2. The minimum absolute atomic E-state index is 0.0331. The Labute approximate surface area is 229 Å². The molecule has 3 aromatic carbocycles. The number of hydrogen-bond acceptors (Lipinski definition) is 5. The Hall–Kier alpha value is -4.58. The van der Waals surface area contributed by atoms with Gasteiger partial charge in [0.25, 0.3) is 5.91 Å². The van der Waals surface area contributed by atoms with E-state index in [4.69, 9.17) is 16.7 Å². The maximum absolute atomic E-state index is 13.6. The smallest absolute Gasteiger partial charge is 0.320 e. The normalized spacial score (nSPS) is 13.1. The molecule has 1 aromatic heterocycles. The first kappa shape index (κ1) is 28.4. The van der Waals surface area contributed by atoms with Crippen molar-refractivity contribution in [3.63, 3.8) is 0 Å². The lowest BCUT2D eigenvalue weighted by atomic mass is 9.87. The molecule has 9 nitrogen and oxygen atoms in total. The third-order valence-electron chi connectivity index (χ3n) is 6.51. The Morgan fingerprint density at radius 3 is 2.10 bits per heavy atom. The van der Waals surface area contributed by atoms with Crippen LogP contribution in [-0.2, 0) is 25.2 Å². The van der Waals surface area contributed by atoms with Crippen molar-refractivity contribution < 1.29 is 18.0 Å². The molecule has 40 heavy (non-hydrogen) atoms. The van der Waals surface area contributed by atoms with Gasteiger partial charge in [-0.2, -0.15) is 13.2 Å². The molecule has 210 valence electrons. The van der Waals surface area contributed by atoms with Crippen molar-refractivity contribution in [2.75, 3.05) is 0 Å². The van der Waals surface area contributed by atoms with Crippen LogP contribution in [0.15, 0.2) is 76.8 Å². The van der Waals surface area contributed by atoms with Crippen molar-refractivity contribution in [2.24, 2.45) is 28.8 Å². The lowest BCUT2D eigenvalue weighted by molar-refractivity contribution is -0.137. The average molecular weight is 553 g/mol. The number of amides is 1. The highest BCUT2D eigenvalue weighted by Gasteiger charge is 2.31. The topological polar surface area (TPSA) is 128 Å². The summed E-state index contributed by atoms with van der Waals surface area (Å²) in [5.41, 5.74) is 5.69. The summed E-state index contributed by atoms with van der Waals surface area (Å²) in [4.78, 5) is 17.2. The molecule has 0 aliphatic carbocycles. The lowest BCUT2D eigenvalue weighted by Crippen LogP contribution is -2.45. The highest BCUT2D eigenvalue weighted by molar-refractivity contribution is 6.05. The number of nitrogens with zero attached hydrogens (tertiary/aromatic N) is 4. The molecule has 0 saturated carbocycles. The van der Waals surface area contributed by atoms with Crippen LogP contribution in [0.1, 0.15) is 47.8 Å². The van der Waals surface area contributed by atoms with E-state index in [9.17, 15) is 18.0 Å². The Balaban J connectivity index is 1.80. The first-order valence-corrected chi connectivity index (χ1v) is 12.4. The monoisotopic (exact) mass is 552 g/mol. The van der Waals surface area contributed by atoms with E-state index < -0.39 is 17.6 Å².